The van der Waals surface area contributed by atoms with Crippen LogP contribution in [-0.4, -0.2) is 62.8 Å². The van der Waals surface area contributed by atoms with E-state index in [2.05, 4.69) is 24.1 Å². The minimum atomic E-state index is -1.22. The zero-order chi connectivity index (χ0) is 21.4. The molecule has 2 rings (SSSR count). The lowest BCUT2D eigenvalue weighted by atomic mass is 9.86. The second-order valence-electron chi connectivity index (χ2n) is 6.90. The fourth-order valence-corrected chi connectivity index (χ4v) is 3.38. The van der Waals surface area contributed by atoms with Crippen LogP contribution < -0.4 is 11.1 Å². The van der Waals surface area contributed by atoms with Crippen molar-refractivity contribution in [1.82, 2.24) is 10.2 Å². The Balaban J connectivity index is 2.14. The van der Waals surface area contributed by atoms with Gasteiger partial charge in [0.05, 0.1) is 7.11 Å². The van der Waals surface area contributed by atoms with Gasteiger partial charge >= 0.3 is 5.97 Å². The highest BCUT2D eigenvalue weighted by Gasteiger charge is 2.40. The highest BCUT2D eigenvalue weighted by atomic mass is 16.6. The van der Waals surface area contributed by atoms with Crippen molar-refractivity contribution in [3.8, 4) is 0 Å². The van der Waals surface area contributed by atoms with Crippen molar-refractivity contribution < 1.29 is 19.1 Å². The van der Waals surface area contributed by atoms with Crippen molar-refractivity contribution in [2.75, 3.05) is 40.4 Å². The third-order valence-corrected chi connectivity index (χ3v) is 5.26. The van der Waals surface area contributed by atoms with Crippen LogP contribution >= 0.6 is 0 Å². The van der Waals surface area contributed by atoms with E-state index in [9.17, 15) is 9.59 Å². The van der Waals surface area contributed by atoms with Crippen LogP contribution in [0.25, 0.3) is 5.57 Å². The number of nitrogens with one attached hydrogen (secondary N) is 1. The molecule has 1 atom stereocenters. The van der Waals surface area contributed by atoms with Gasteiger partial charge < -0.3 is 25.4 Å². The molecule has 1 aliphatic rings. The van der Waals surface area contributed by atoms with Crippen molar-refractivity contribution in [2.24, 2.45) is 5.73 Å². The molecule has 0 bridgehead atoms. The van der Waals surface area contributed by atoms with Crippen molar-refractivity contribution >= 4 is 17.4 Å². The van der Waals surface area contributed by atoms with Crippen LogP contribution in [0.5, 0.6) is 0 Å². The number of amides is 1. The zero-order valence-corrected chi connectivity index (χ0v) is 17.7. The summed E-state index contributed by atoms with van der Waals surface area (Å²) in [5.74, 6) is -0.627. The van der Waals surface area contributed by atoms with Gasteiger partial charge in [-0.05, 0) is 36.9 Å². The van der Waals surface area contributed by atoms with Gasteiger partial charge in [0.1, 0.15) is 0 Å². The first-order valence-corrected chi connectivity index (χ1v) is 9.83. The van der Waals surface area contributed by atoms with E-state index in [1.54, 1.807) is 24.3 Å². The summed E-state index contributed by atoms with van der Waals surface area (Å²) in [5, 5.41) is 2.96. The number of ether oxygens (including phenoxy) is 2. The molecular formula is C22H31N3O4. The molecule has 7 heteroatoms. The second kappa shape index (κ2) is 10.2. The van der Waals surface area contributed by atoms with E-state index in [1.807, 2.05) is 12.1 Å². The van der Waals surface area contributed by atoms with Gasteiger partial charge in [0.15, 0.2) is 5.60 Å². The summed E-state index contributed by atoms with van der Waals surface area (Å²) in [7, 11) is 2.76. The average molecular weight is 402 g/mol. The molecule has 0 saturated carbocycles. The van der Waals surface area contributed by atoms with Crippen molar-refractivity contribution in [3.63, 3.8) is 0 Å². The number of nitrogens with zero attached hydrogens (tertiary/aromatic N) is 1. The van der Waals surface area contributed by atoms with Gasteiger partial charge in [0.25, 0.3) is 5.91 Å². The van der Waals surface area contributed by atoms with Crippen LogP contribution in [0.4, 0.5) is 0 Å². The fourth-order valence-electron chi connectivity index (χ4n) is 3.38. The molecule has 0 aliphatic heterocycles. The highest BCUT2D eigenvalue weighted by Crippen LogP contribution is 2.33. The molecule has 1 aromatic rings. The quantitative estimate of drug-likeness (QED) is 0.614. The Kier molecular flexibility index (Phi) is 7.99. The Morgan fingerprint density at radius 2 is 1.97 bits per heavy atom. The molecule has 1 aromatic carbocycles. The van der Waals surface area contributed by atoms with Crippen LogP contribution in [0, 0.1) is 0 Å². The second-order valence-corrected chi connectivity index (χ2v) is 6.90. The summed E-state index contributed by atoms with van der Waals surface area (Å²) in [6, 6.07) is 7.28. The molecule has 0 spiro atoms. The number of allylic oxidation sites excluding steroid dienone is 2. The number of hydrogen-bond donors (Lipinski definition) is 2. The van der Waals surface area contributed by atoms with Gasteiger partial charge in [-0.15, -0.1) is 0 Å². The van der Waals surface area contributed by atoms with E-state index in [4.69, 9.17) is 15.2 Å². The average Bonchev–Trinajstić information content (AvgIpc) is 2.75. The monoisotopic (exact) mass is 401 g/mol. The molecule has 0 fully saturated rings. The number of methoxy groups -OCH3 is 2. The Morgan fingerprint density at radius 3 is 2.55 bits per heavy atom. The minimum Gasteiger partial charge on any atom is -0.467 e. The Bertz CT molecular complexity index is 799. The Hall–Kier alpha value is -2.64. The maximum Gasteiger partial charge on any atom is 0.342 e. The molecule has 0 heterocycles. The van der Waals surface area contributed by atoms with Gasteiger partial charge in [0.2, 0.25) is 0 Å². The summed E-state index contributed by atoms with van der Waals surface area (Å²) in [6.45, 7) is 7.51. The predicted molar refractivity (Wildman–Crippen MR) is 113 cm³/mol. The first-order chi connectivity index (χ1) is 13.9. The number of carbonyl (C=O) groups excluding carboxylic acids is 2. The minimum absolute atomic E-state index is 0.126. The predicted octanol–water partition coefficient (Wildman–Crippen LogP) is 1.95. The zero-order valence-electron chi connectivity index (χ0n) is 17.7. The number of esters is 1. The van der Waals surface area contributed by atoms with Crippen LogP contribution in [0.2, 0.25) is 0 Å². The van der Waals surface area contributed by atoms with Crippen molar-refractivity contribution in [3.05, 3.63) is 53.2 Å². The first-order valence-electron chi connectivity index (χ1n) is 9.83. The fraction of sp³-hybridized carbons (Fsp3) is 0.455. The highest BCUT2D eigenvalue weighted by molar-refractivity contribution is 5.96. The lowest BCUT2D eigenvalue weighted by Crippen LogP contribution is -2.42. The summed E-state index contributed by atoms with van der Waals surface area (Å²) >= 11 is 0. The summed E-state index contributed by atoms with van der Waals surface area (Å²) < 4.78 is 10.2. The Labute approximate surface area is 172 Å². The van der Waals surface area contributed by atoms with E-state index < -0.39 is 11.6 Å². The number of nitrogens with two attached hydrogens (primary N) is 1. The molecule has 0 saturated heterocycles. The third kappa shape index (κ3) is 5.25. The van der Waals surface area contributed by atoms with Gasteiger partial charge in [-0.3, -0.25) is 4.79 Å². The normalized spacial score (nSPS) is 18.8. The maximum absolute atomic E-state index is 12.5. The van der Waals surface area contributed by atoms with E-state index >= 15 is 0 Å². The molecule has 0 radical (unpaired) electrons. The van der Waals surface area contributed by atoms with Crippen molar-refractivity contribution in [1.29, 1.82) is 0 Å². The summed E-state index contributed by atoms with van der Waals surface area (Å²) in [4.78, 5) is 26.9. The molecule has 1 aliphatic carbocycles. The Morgan fingerprint density at radius 1 is 1.24 bits per heavy atom. The molecule has 3 N–H and O–H groups in total. The molecule has 29 heavy (non-hydrogen) atoms. The van der Waals surface area contributed by atoms with Crippen molar-refractivity contribution in [2.45, 2.75) is 25.9 Å². The molecular weight excluding hydrogens is 370 g/mol. The summed E-state index contributed by atoms with van der Waals surface area (Å²) in [6.07, 6.45) is 3.58. The van der Waals surface area contributed by atoms with E-state index in [0.717, 1.165) is 30.8 Å². The number of carbonyl (C=O) groups is 2. The molecule has 1 amide bonds. The van der Waals surface area contributed by atoms with E-state index in [-0.39, 0.29) is 12.3 Å². The largest absolute Gasteiger partial charge is 0.467 e. The van der Waals surface area contributed by atoms with Crippen LogP contribution in [0.15, 0.2) is 42.1 Å². The lowest BCUT2D eigenvalue weighted by molar-refractivity contribution is -0.160. The van der Waals surface area contributed by atoms with Crippen LogP contribution in [-0.2, 0) is 14.3 Å². The number of likely N-dealkylation sites (N-methyl/N-ethyl adjacent to an activating group) is 1. The van der Waals surface area contributed by atoms with E-state index in [1.165, 1.54) is 14.2 Å². The smallest absolute Gasteiger partial charge is 0.342 e. The first kappa shape index (κ1) is 22.6. The lowest BCUT2D eigenvalue weighted by Gasteiger charge is -2.30. The van der Waals surface area contributed by atoms with Gasteiger partial charge in [-0.1, -0.05) is 32.1 Å². The van der Waals surface area contributed by atoms with Crippen LogP contribution in [0.1, 0.15) is 36.2 Å². The number of hydrogen-bond acceptors (Lipinski definition) is 6. The standard InChI is InChI=1S/C22H31N3O4/c1-5-25(6-2)13-12-24-20(26)17-9-7-8-16(14-17)18-10-11-22(29-4,15-19(18)23)21(27)28-3/h7-11,14H,5-6,12-13,15,23H2,1-4H3,(H,24,26). The van der Waals surface area contributed by atoms with Gasteiger partial charge in [-0.25, -0.2) is 4.79 Å². The molecule has 1 unspecified atom stereocenters. The molecule has 7 nitrogen and oxygen atoms in total. The summed E-state index contributed by atoms with van der Waals surface area (Å²) in [5.41, 5.74) is 7.67. The number of rotatable bonds is 9. The van der Waals surface area contributed by atoms with E-state index in [0.29, 0.717) is 17.8 Å². The maximum atomic E-state index is 12.5. The van der Waals surface area contributed by atoms with Gasteiger partial charge in [0, 0.05) is 43.5 Å². The number of benzene rings is 1. The van der Waals surface area contributed by atoms with Crippen LogP contribution in [0.3, 0.4) is 0 Å². The molecule has 158 valence electrons. The van der Waals surface area contributed by atoms with Gasteiger partial charge in [-0.2, -0.15) is 0 Å². The molecule has 0 aromatic heterocycles. The topological polar surface area (TPSA) is 93.9 Å². The third-order valence-electron chi connectivity index (χ3n) is 5.26. The SMILES string of the molecule is CCN(CC)CCNC(=O)c1cccc(C2=C(N)CC(OC)(C(=O)OC)C=C2)c1.